The fourth-order valence-electron chi connectivity index (χ4n) is 9.12. The lowest BCUT2D eigenvalue weighted by Gasteiger charge is -2.32. The summed E-state index contributed by atoms with van der Waals surface area (Å²) in [6, 6.07) is 13.2. The maximum atomic E-state index is 14.7. The molecular formula is C45H56N6O10S. The predicted molar refractivity (Wildman–Crippen MR) is 231 cm³/mol. The lowest BCUT2D eigenvalue weighted by molar-refractivity contribution is -0.142. The van der Waals surface area contributed by atoms with Gasteiger partial charge in [0.2, 0.25) is 27.7 Å². The van der Waals surface area contributed by atoms with Gasteiger partial charge in [-0.1, -0.05) is 38.1 Å². The minimum absolute atomic E-state index is 0.0193. The molecule has 8 rings (SSSR count). The third kappa shape index (κ3) is 8.78. The Morgan fingerprint density at radius 1 is 1.03 bits per heavy atom. The summed E-state index contributed by atoms with van der Waals surface area (Å²) in [6.07, 6.45) is 4.51. The van der Waals surface area contributed by atoms with E-state index < -0.39 is 74.1 Å². The number of rotatable bonds is 9. The van der Waals surface area contributed by atoms with Crippen molar-refractivity contribution in [3.63, 3.8) is 0 Å². The zero-order valence-corrected chi connectivity index (χ0v) is 36.4. The van der Waals surface area contributed by atoms with Crippen LogP contribution in [0.3, 0.4) is 0 Å². The summed E-state index contributed by atoms with van der Waals surface area (Å²) < 4.78 is 45.5. The number of allylic oxidation sites excluding steroid dienone is 1. The van der Waals surface area contributed by atoms with E-state index in [1.165, 1.54) is 4.90 Å². The smallest absolute Gasteiger partial charge is 0.405 e. The first kappa shape index (κ1) is 43.2. The molecule has 0 bridgehead atoms. The summed E-state index contributed by atoms with van der Waals surface area (Å²) in [5, 5.41) is 16.7. The summed E-state index contributed by atoms with van der Waals surface area (Å²) in [7, 11) is -2.45. The predicted octanol–water partition coefficient (Wildman–Crippen LogP) is 4.62. The SMILES string of the molecule is COc1ccc2c(O[C@@H]3C[C@H]4C(=O)NC5(C(=O)NS(=O)(=O)C6(C)CC6)CC5/C=C\CC[C@H](C)C[C@@H](C)[C@H](NC(=O)O)C(=O)N4C3)nc(-c3ccc(N4CCOCC4)cc3)cc2c1. The molecule has 1 aromatic heterocycles. The molecule has 2 aliphatic carbocycles. The van der Waals surface area contributed by atoms with Gasteiger partial charge in [-0.25, -0.2) is 18.2 Å². The average Bonchev–Trinajstić information content (AvgIpc) is 4.14. The van der Waals surface area contributed by atoms with Crippen molar-refractivity contribution in [2.75, 3.05) is 44.9 Å². The van der Waals surface area contributed by atoms with Crippen LogP contribution >= 0.6 is 0 Å². The number of sulfonamides is 1. The number of ether oxygens (including phenoxy) is 3. The number of morpholine rings is 1. The van der Waals surface area contributed by atoms with Crippen molar-refractivity contribution in [2.24, 2.45) is 17.8 Å². The van der Waals surface area contributed by atoms with Gasteiger partial charge < -0.3 is 39.8 Å². The number of hydrogen-bond donors (Lipinski definition) is 4. The Morgan fingerprint density at radius 3 is 2.47 bits per heavy atom. The van der Waals surface area contributed by atoms with Crippen LogP contribution in [0, 0.1) is 17.8 Å². The summed E-state index contributed by atoms with van der Waals surface area (Å²) in [5.74, 6) is -2.01. The topological polar surface area (TPSA) is 206 Å². The van der Waals surface area contributed by atoms with Gasteiger partial charge >= 0.3 is 6.09 Å². The maximum absolute atomic E-state index is 14.7. The van der Waals surface area contributed by atoms with Crippen LogP contribution in [0.2, 0.25) is 0 Å². The molecule has 332 valence electrons. The van der Waals surface area contributed by atoms with Crippen LogP contribution in [0.1, 0.15) is 65.7 Å². The quantitative estimate of drug-likeness (QED) is 0.218. The van der Waals surface area contributed by atoms with Gasteiger partial charge in [0.15, 0.2) is 0 Å². The Bertz CT molecular complexity index is 2370. The molecule has 2 aromatic carbocycles. The van der Waals surface area contributed by atoms with Crippen molar-refractivity contribution in [3.05, 3.63) is 60.7 Å². The zero-order valence-electron chi connectivity index (χ0n) is 35.6. The number of methoxy groups -OCH3 is 1. The highest BCUT2D eigenvalue weighted by atomic mass is 32.2. The highest BCUT2D eigenvalue weighted by Gasteiger charge is 2.63. The van der Waals surface area contributed by atoms with Crippen LogP contribution in [0.5, 0.6) is 11.6 Å². The van der Waals surface area contributed by atoms with Crippen LogP contribution < -0.4 is 29.7 Å². The zero-order chi connectivity index (χ0) is 44.0. The van der Waals surface area contributed by atoms with E-state index >= 15 is 0 Å². The van der Waals surface area contributed by atoms with Gasteiger partial charge in [-0.2, -0.15) is 0 Å². The molecule has 17 heteroatoms. The number of pyridine rings is 1. The second kappa shape index (κ2) is 17.0. The number of aromatic nitrogens is 1. The number of anilines is 1. The number of carboxylic acid groups (broad SMARTS) is 1. The first-order valence-corrected chi connectivity index (χ1v) is 23.0. The van der Waals surface area contributed by atoms with Crippen molar-refractivity contribution < 1.29 is 46.9 Å². The van der Waals surface area contributed by atoms with Crippen LogP contribution in [-0.2, 0) is 29.1 Å². The van der Waals surface area contributed by atoms with Crippen molar-refractivity contribution in [3.8, 4) is 22.9 Å². The van der Waals surface area contributed by atoms with Crippen molar-refractivity contribution in [1.82, 2.24) is 25.2 Å². The molecule has 0 radical (unpaired) electrons. The molecule has 16 nitrogen and oxygen atoms in total. The monoisotopic (exact) mass is 872 g/mol. The first-order chi connectivity index (χ1) is 29.6. The summed E-state index contributed by atoms with van der Waals surface area (Å²) in [5.41, 5.74) is 0.963. The van der Waals surface area contributed by atoms with Crippen LogP contribution in [0.4, 0.5) is 10.5 Å². The van der Waals surface area contributed by atoms with E-state index in [2.05, 4.69) is 20.3 Å². The van der Waals surface area contributed by atoms with Crippen LogP contribution in [0.25, 0.3) is 22.0 Å². The van der Waals surface area contributed by atoms with E-state index in [0.717, 1.165) is 36.1 Å². The molecule has 4 N–H and O–H groups in total. The van der Waals surface area contributed by atoms with Crippen molar-refractivity contribution >= 4 is 50.3 Å². The number of benzene rings is 2. The van der Waals surface area contributed by atoms with E-state index in [0.29, 0.717) is 55.7 Å². The van der Waals surface area contributed by atoms with Gasteiger partial charge in [0.1, 0.15) is 29.5 Å². The number of fused-ring (bicyclic) bond motifs is 3. The van der Waals surface area contributed by atoms with Crippen molar-refractivity contribution in [2.45, 2.75) is 94.2 Å². The molecule has 62 heavy (non-hydrogen) atoms. The van der Waals surface area contributed by atoms with E-state index in [1.54, 1.807) is 20.1 Å². The number of carbonyl (C=O) groups is 4. The summed E-state index contributed by atoms with van der Waals surface area (Å²) in [4.78, 5) is 64.1. The molecule has 2 unspecified atom stereocenters. The molecule has 3 aliphatic heterocycles. The Morgan fingerprint density at radius 2 is 1.77 bits per heavy atom. The van der Waals surface area contributed by atoms with E-state index in [-0.39, 0.29) is 31.2 Å². The van der Waals surface area contributed by atoms with Crippen LogP contribution in [0.15, 0.2) is 60.7 Å². The molecule has 4 heterocycles. The Balaban J connectivity index is 1.13. The molecule has 7 atom stereocenters. The molecule has 2 saturated carbocycles. The Kier molecular flexibility index (Phi) is 11.9. The first-order valence-electron chi connectivity index (χ1n) is 21.5. The van der Waals surface area contributed by atoms with Crippen molar-refractivity contribution in [1.29, 1.82) is 0 Å². The normalized spacial score (nSPS) is 29.2. The molecule has 4 fully saturated rings. The molecule has 4 amide bonds. The molecular weight excluding hydrogens is 817 g/mol. The Labute approximate surface area is 361 Å². The van der Waals surface area contributed by atoms with E-state index in [9.17, 15) is 32.7 Å². The maximum Gasteiger partial charge on any atom is 0.405 e. The highest BCUT2D eigenvalue weighted by molar-refractivity contribution is 7.91. The van der Waals surface area contributed by atoms with Gasteiger partial charge in [0.25, 0.3) is 5.91 Å². The van der Waals surface area contributed by atoms with Crippen LogP contribution in [-0.4, -0.2) is 116 Å². The fraction of sp³-hybridized carbons (Fsp3) is 0.533. The molecule has 5 aliphatic rings. The fourth-order valence-corrected chi connectivity index (χ4v) is 10.4. The minimum Gasteiger partial charge on any atom is -0.497 e. The molecule has 3 aromatic rings. The second-order valence-electron chi connectivity index (χ2n) is 17.9. The van der Waals surface area contributed by atoms with E-state index in [4.69, 9.17) is 19.2 Å². The number of hydrogen-bond acceptors (Lipinski definition) is 11. The van der Waals surface area contributed by atoms with Gasteiger partial charge in [-0.05, 0) is 99.1 Å². The average molecular weight is 873 g/mol. The standard InChI is InChI=1S/C45H56N6O10S/c1-27-7-5-6-8-31-25-45(31,42(54)49-62(57,58)44(3)15-16-44)48-39(52)37-24-34(26-51(37)41(53)38(28(2)21-27)47-43(55)56)61-40-35-14-13-33(59-4)22-30(35)23-36(46-40)29-9-11-32(12-10-29)50-17-19-60-20-18-50/h6,8-14,22-23,27-28,31,34,37-38,47H,5,7,15-21,24-26H2,1-4H3,(H,48,52)(H,49,54)(H,55,56)/b8-6-/t27-,28+,31?,34+,37-,38-,45?/m0/s1. The summed E-state index contributed by atoms with van der Waals surface area (Å²) >= 11 is 0. The Hall–Kier alpha value is -5.42. The lowest BCUT2D eigenvalue weighted by Crippen LogP contribution is -2.59. The van der Waals surface area contributed by atoms with Gasteiger partial charge in [0, 0.05) is 42.1 Å². The molecule has 0 spiro atoms. The highest BCUT2D eigenvalue weighted by Crippen LogP contribution is 2.48. The molecule has 2 saturated heterocycles. The van der Waals surface area contributed by atoms with Gasteiger partial charge in [-0.15, -0.1) is 0 Å². The number of amides is 4. The third-order valence-electron chi connectivity index (χ3n) is 13.3. The number of nitrogens with zero attached hydrogens (tertiary/aromatic N) is 3. The van der Waals surface area contributed by atoms with Gasteiger partial charge in [0.05, 0.1) is 37.3 Å². The third-order valence-corrected chi connectivity index (χ3v) is 15.5. The number of nitrogens with one attached hydrogen (secondary N) is 3. The van der Waals surface area contributed by atoms with E-state index in [1.807, 2.05) is 68.5 Å². The second-order valence-corrected chi connectivity index (χ2v) is 20.1. The lowest BCUT2D eigenvalue weighted by atomic mass is 9.88. The summed E-state index contributed by atoms with van der Waals surface area (Å²) in [6.45, 7) is 8.26. The van der Waals surface area contributed by atoms with Gasteiger partial charge in [-0.3, -0.25) is 19.1 Å². The largest absolute Gasteiger partial charge is 0.497 e. The minimum atomic E-state index is -4.03. The number of carbonyl (C=O) groups excluding carboxylic acids is 3.